The lowest BCUT2D eigenvalue weighted by molar-refractivity contribution is -0.110. The summed E-state index contributed by atoms with van der Waals surface area (Å²) in [4.78, 5) is 0. The summed E-state index contributed by atoms with van der Waals surface area (Å²) in [5, 5.41) is 9.60. The van der Waals surface area contributed by atoms with E-state index in [2.05, 4.69) is 0 Å². The number of rotatable bonds is 4. The Kier molecular flexibility index (Phi) is 4.04. The van der Waals surface area contributed by atoms with Crippen LogP contribution in [0.4, 0.5) is 0 Å². The third-order valence-corrected chi connectivity index (χ3v) is 1.60. The lowest BCUT2D eigenvalue weighted by Gasteiger charge is -2.30. The molecule has 0 aromatic heterocycles. The third kappa shape index (κ3) is 4.38. The SMILES string of the molecule is CCC(OC(C)C)C(C)(C)O. The minimum Gasteiger partial charge on any atom is -0.388 e. The van der Waals surface area contributed by atoms with Crippen LogP contribution in [0.1, 0.15) is 41.0 Å². The van der Waals surface area contributed by atoms with Gasteiger partial charge in [-0.05, 0) is 34.1 Å². The molecule has 0 aromatic carbocycles. The zero-order chi connectivity index (χ0) is 9.07. The Morgan fingerprint density at radius 2 is 1.82 bits per heavy atom. The third-order valence-electron chi connectivity index (χ3n) is 1.60. The standard InChI is InChI=1S/C9H20O2/c1-6-8(9(4,5)10)11-7(2)3/h7-8,10H,6H2,1-5H3. The summed E-state index contributed by atoms with van der Waals surface area (Å²) in [5.41, 5.74) is -0.723. The Hall–Kier alpha value is -0.0800. The van der Waals surface area contributed by atoms with Gasteiger partial charge in [0.2, 0.25) is 0 Å². The van der Waals surface area contributed by atoms with Crippen molar-refractivity contribution in [3.8, 4) is 0 Å². The molecule has 0 spiro atoms. The molecule has 0 radical (unpaired) electrons. The van der Waals surface area contributed by atoms with Gasteiger partial charge in [0.25, 0.3) is 0 Å². The van der Waals surface area contributed by atoms with Crippen molar-refractivity contribution in [1.29, 1.82) is 0 Å². The van der Waals surface area contributed by atoms with Gasteiger partial charge in [0.15, 0.2) is 0 Å². The van der Waals surface area contributed by atoms with Crippen LogP contribution < -0.4 is 0 Å². The zero-order valence-electron chi connectivity index (χ0n) is 8.22. The highest BCUT2D eigenvalue weighted by atomic mass is 16.5. The van der Waals surface area contributed by atoms with Crippen LogP contribution in [0.15, 0.2) is 0 Å². The predicted molar refractivity (Wildman–Crippen MR) is 46.6 cm³/mol. The minimum absolute atomic E-state index is 0.0532. The Balaban J connectivity index is 3.96. The van der Waals surface area contributed by atoms with Crippen LogP contribution >= 0.6 is 0 Å². The molecular weight excluding hydrogens is 140 g/mol. The molecule has 0 aromatic rings. The van der Waals surface area contributed by atoms with Crippen LogP contribution in [0.5, 0.6) is 0 Å². The first-order chi connectivity index (χ1) is 4.88. The molecule has 0 fully saturated rings. The summed E-state index contributed by atoms with van der Waals surface area (Å²) in [7, 11) is 0. The Labute approximate surface area is 69.6 Å². The smallest absolute Gasteiger partial charge is 0.0857 e. The molecule has 0 saturated carbocycles. The van der Waals surface area contributed by atoms with Gasteiger partial charge in [-0.15, -0.1) is 0 Å². The van der Waals surface area contributed by atoms with E-state index in [4.69, 9.17) is 4.74 Å². The van der Waals surface area contributed by atoms with E-state index in [1.54, 1.807) is 13.8 Å². The van der Waals surface area contributed by atoms with Crippen LogP contribution in [0, 0.1) is 0 Å². The average Bonchev–Trinajstić information content (AvgIpc) is 1.79. The second kappa shape index (κ2) is 4.07. The van der Waals surface area contributed by atoms with E-state index < -0.39 is 5.60 Å². The normalized spacial score (nSPS) is 15.5. The van der Waals surface area contributed by atoms with Crippen molar-refractivity contribution in [2.45, 2.75) is 58.8 Å². The van der Waals surface area contributed by atoms with Gasteiger partial charge >= 0.3 is 0 Å². The largest absolute Gasteiger partial charge is 0.388 e. The van der Waals surface area contributed by atoms with Gasteiger partial charge in [-0.3, -0.25) is 0 Å². The van der Waals surface area contributed by atoms with Crippen LogP contribution in [-0.4, -0.2) is 22.9 Å². The van der Waals surface area contributed by atoms with E-state index in [0.29, 0.717) is 0 Å². The van der Waals surface area contributed by atoms with E-state index in [0.717, 1.165) is 6.42 Å². The van der Waals surface area contributed by atoms with Crippen LogP contribution in [-0.2, 0) is 4.74 Å². The monoisotopic (exact) mass is 160 g/mol. The summed E-state index contributed by atoms with van der Waals surface area (Å²) < 4.78 is 5.51. The van der Waals surface area contributed by atoms with Crippen molar-refractivity contribution < 1.29 is 9.84 Å². The highest BCUT2D eigenvalue weighted by Crippen LogP contribution is 2.16. The lowest BCUT2D eigenvalue weighted by atomic mass is 9.99. The lowest BCUT2D eigenvalue weighted by Crippen LogP contribution is -2.39. The zero-order valence-corrected chi connectivity index (χ0v) is 8.22. The molecule has 1 unspecified atom stereocenters. The maximum atomic E-state index is 9.60. The van der Waals surface area contributed by atoms with Gasteiger partial charge in [0, 0.05) is 0 Å². The van der Waals surface area contributed by atoms with Gasteiger partial charge < -0.3 is 9.84 Å². The number of aliphatic hydroxyl groups is 1. The molecule has 0 aliphatic heterocycles. The van der Waals surface area contributed by atoms with Gasteiger partial charge in [-0.25, -0.2) is 0 Å². The first kappa shape index (κ1) is 10.9. The number of ether oxygens (including phenoxy) is 1. The van der Waals surface area contributed by atoms with Crippen molar-refractivity contribution in [1.82, 2.24) is 0 Å². The van der Waals surface area contributed by atoms with Crippen molar-refractivity contribution in [2.75, 3.05) is 0 Å². The molecule has 0 rings (SSSR count). The first-order valence-electron chi connectivity index (χ1n) is 4.25. The summed E-state index contributed by atoms with van der Waals surface area (Å²) >= 11 is 0. The Morgan fingerprint density at radius 3 is 1.91 bits per heavy atom. The molecule has 0 bridgehead atoms. The van der Waals surface area contributed by atoms with Gasteiger partial charge in [-0.2, -0.15) is 0 Å². The van der Waals surface area contributed by atoms with Crippen LogP contribution in [0.3, 0.4) is 0 Å². The highest BCUT2D eigenvalue weighted by molar-refractivity contribution is 4.77. The molecule has 2 nitrogen and oxygen atoms in total. The highest BCUT2D eigenvalue weighted by Gasteiger charge is 2.26. The summed E-state index contributed by atoms with van der Waals surface area (Å²) in [5.74, 6) is 0. The Morgan fingerprint density at radius 1 is 1.36 bits per heavy atom. The van der Waals surface area contributed by atoms with Gasteiger partial charge in [0.1, 0.15) is 0 Å². The molecule has 0 aliphatic rings. The second-order valence-corrected chi connectivity index (χ2v) is 3.74. The number of hydrogen-bond donors (Lipinski definition) is 1. The maximum absolute atomic E-state index is 9.60. The van der Waals surface area contributed by atoms with E-state index in [9.17, 15) is 5.11 Å². The van der Waals surface area contributed by atoms with E-state index in [1.807, 2.05) is 20.8 Å². The summed E-state index contributed by atoms with van der Waals surface area (Å²) in [6.07, 6.45) is 0.982. The molecule has 2 heteroatoms. The van der Waals surface area contributed by atoms with E-state index >= 15 is 0 Å². The van der Waals surface area contributed by atoms with Crippen LogP contribution in [0.2, 0.25) is 0 Å². The van der Waals surface area contributed by atoms with E-state index in [1.165, 1.54) is 0 Å². The van der Waals surface area contributed by atoms with Crippen molar-refractivity contribution in [2.24, 2.45) is 0 Å². The van der Waals surface area contributed by atoms with Gasteiger partial charge in [-0.1, -0.05) is 6.92 Å². The van der Waals surface area contributed by atoms with Crippen molar-refractivity contribution in [3.05, 3.63) is 0 Å². The molecule has 0 heterocycles. The maximum Gasteiger partial charge on any atom is 0.0857 e. The average molecular weight is 160 g/mol. The van der Waals surface area contributed by atoms with Crippen LogP contribution in [0.25, 0.3) is 0 Å². The first-order valence-corrected chi connectivity index (χ1v) is 4.25. The second-order valence-electron chi connectivity index (χ2n) is 3.74. The molecule has 68 valence electrons. The summed E-state index contributed by atoms with van der Waals surface area (Å²) in [6, 6.07) is 0. The molecule has 0 saturated heterocycles. The van der Waals surface area contributed by atoms with Gasteiger partial charge in [0.05, 0.1) is 17.8 Å². The fourth-order valence-electron chi connectivity index (χ4n) is 1.09. The minimum atomic E-state index is -0.723. The molecular formula is C9H20O2. The number of hydrogen-bond acceptors (Lipinski definition) is 2. The molecule has 11 heavy (non-hydrogen) atoms. The van der Waals surface area contributed by atoms with Crippen molar-refractivity contribution in [3.63, 3.8) is 0 Å². The molecule has 1 N–H and O–H groups in total. The predicted octanol–water partition coefficient (Wildman–Crippen LogP) is 1.96. The fraction of sp³-hybridized carbons (Fsp3) is 1.00. The summed E-state index contributed by atoms with van der Waals surface area (Å²) in [6.45, 7) is 9.54. The molecule has 0 amide bonds. The molecule has 1 atom stereocenters. The quantitative estimate of drug-likeness (QED) is 0.681. The van der Waals surface area contributed by atoms with Crippen molar-refractivity contribution >= 4 is 0 Å². The fourth-order valence-corrected chi connectivity index (χ4v) is 1.09. The topological polar surface area (TPSA) is 29.5 Å². The van der Waals surface area contributed by atoms with E-state index in [-0.39, 0.29) is 12.2 Å². The molecule has 0 aliphatic carbocycles. The Bertz CT molecular complexity index is 103.